The Morgan fingerprint density at radius 1 is 1.44 bits per heavy atom. The number of nitrogens with two attached hydrogens (primary N) is 1. The number of aliphatic hydroxyl groups excluding tert-OH is 1. The van der Waals surface area contributed by atoms with E-state index in [1.165, 1.54) is 12.1 Å². The van der Waals surface area contributed by atoms with Crippen LogP contribution in [0.1, 0.15) is 19.4 Å². The van der Waals surface area contributed by atoms with Crippen molar-refractivity contribution in [2.24, 2.45) is 5.14 Å². The molecule has 1 rings (SSSR count). The van der Waals surface area contributed by atoms with Gasteiger partial charge in [0.25, 0.3) is 0 Å². The third-order valence-electron chi connectivity index (χ3n) is 1.86. The van der Waals surface area contributed by atoms with E-state index in [-0.39, 0.29) is 23.4 Å². The molecule has 0 aliphatic rings. The van der Waals surface area contributed by atoms with Crippen molar-refractivity contribution in [1.82, 2.24) is 0 Å². The molecule has 3 N–H and O–H groups in total. The molecule has 1 aromatic rings. The molecule has 0 bridgehead atoms. The first-order valence-electron chi connectivity index (χ1n) is 4.78. The van der Waals surface area contributed by atoms with Gasteiger partial charge in [0.05, 0.1) is 12.7 Å². The van der Waals surface area contributed by atoms with Crippen molar-refractivity contribution in [3.63, 3.8) is 0 Å². The van der Waals surface area contributed by atoms with Crippen molar-refractivity contribution >= 4 is 10.0 Å². The summed E-state index contributed by atoms with van der Waals surface area (Å²) in [6.45, 7) is 3.32. The van der Waals surface area contributed by atoms with Gasteiger partial charge in [-0.15, -0.1) is 0 Å². The lowest BCUT2D eigenvalue weighted by Gasteiger charge is -2.13. The number of sulfonamides is 1. The molecule has 6 heteroatoms. The zero-order valence-corrected chi connectivity index (χ0v) is 9.99. The Morgan fingerprint density at radius 3 is 2.50 bits per heavy atom. The number of primary sulfonamides is 1. The van der Waals surface area contributed by atoms with E-state index < -0.39 is 10.0 Å². The van der Waals surface area contributed by atoms with Crippen molar-refractivity contribution < 1.29 is 18.3 Å². The van der Waals surface area contributed by atoms with Crippen molar-refractivity contribution in [3.05, 3.63) is 23.8 Å². The molecule has 16 heavy (non-hydrogen) atoms. The molecular weight excluding hydrogens is 230 g/mol. The van der Waals surface area contributed by atoms with E-state index in [1.807, 2.05) is 0 Å². The topological polar surface area (TPSA) is 89.6 Å². The second kappa shape index (κ2) is 4.82. The predicted molar refractivity (Wildman–Crippen MR) is 59.5 cm³/mol. The van der Waals surface area contributed by atoms with Gasteiger partial charge in [0.2, 0.25) is 10.0 Å². The Bertz CT molecular complexity index is 468. The lowest BCUT2D eigenvalue weighted by atomic mass is 10.2. The fourth-order valence-electron chi connectivity index (χ4n) is 1.22. The van der Waals surface area contributed by atoms with Crippen LogP contribution in [-0.4, -0.2) is 19.6 Å². The smallest absolute Gasteiger partial charge is 0.241 e. The Labute approximate surface area is 94.9 Å². The third-order valence-corrected chi connectivity index (χ3v) is 2.79. The largest absolute Gasteiger partial charge is 0.490 e. The standard InChI is InChI=1S/C10H15NO4S/c1-7(2)15-9-4-3-8(6-12)5-10(9)16(11,13)14/h3-5,7,12H,6H2,1-2H3,(H2,11,13,14). The average molecular weight is 245 g/mol. The lowest BCUT2D eigenvalue weighted by Crippen LogP contribution is -2.16. The van der Waals surface area contributed by atoms with E-state index in [2.05, 4.69) is 0 Å². The maximum atomic E-state index is 11.3. The molecule has 0 fully saturated rings. The molecule has 90 valence electrons. The second-order valence-corrected chi connectivity index (χ2v) is 5.18. The van der Waals surface area contributed by atoms with Gasteiger partial charge in [-0.05, 0) is 31.5 Å². The van der Waals surface area contributed by atoms with Crippen LogP contribution in [0, 0.1) is 0 Å². The SMILES string of the molecule is CC(C)Oc1ccc(CO)cc1S(N)(=O)=O. The lowest BCUT2D eigenvalue weighted by molar-refractivity contribution is 0.235. The van der Waals surface area contributed by atoms with Gasteiger partial charge >= 0.3 is 0 Å². The Hall–Kier alpha value is -1.11. The number of benzene rings is 1. The maximum Gasteiger partial charge on any atom is 0.241 e. The molecule has 0 aliphatic heterocycles. The van der Waals surface area contributed by atoms with Crippen LogP contribution in [-0.2, 0) is 16.6 Å². The quantitative estimate of drug-likeness (QED) is 0.813. The minimum atomic E-state index is -3.85. The van der Waals surface area contributed by atoms with Gasteiger partial charge in [-0.2, -0.15) is 0 Å². The number of aliphatic hydroxyl groups is 1. The van der Waals surface area contributed by atoms with Crippen LogP contribution in [0.4, 0.5) is 0 Å². The van der Waals surface area contributed by atoms with E-state index >= 15 is 0 Å². The van der Waals surface area contributed by atoms with Crippen LogP contribution in [0.25, 0.3) is 0 Å². The minimum Gasteiger partial charge on any atom is -0.490 e. The summed E-state index contributed by atoms with van der Waals surface area (Å²) in [5.41, 5.74) is 0.472. The Kier molecular flexibility index (Phi) is 3.90. The van der Waals surface area contributed by atoms with E-state index in [1.54, 1.807) is 19.9 Å². The molecule has 0 unspecified atom stereocenters. The van der Waals surface area contributed by atoms with Crippen molar-refractivity contribution in [1.29, 1.82) is 0 Å². The fraction of sp³-hybridized carbons (Fsp3) is 0.400. The van der Waals surface area contributed by atoms with Gasteiger partial charge in [0.15, 0.2) is 0 Å². The molecule has 0 heterocycles. The molecule has 0 atom stereocenters. The van der Waals surface area contributed by atoms with Gasteiger partial charge in [0, 0.05) is 0 Å². The molecule has 0 spiro atoms. The van der Waals surface area contributed by atoms with Crippen molar-refractivity contribution in [3.8, 4) is 5.75 Å². The highest BCUT2D eigenvalue weighted by atomic mass is 32.2. The summed E-state index contributed by atoms with van der Waals surface area (Å²) in [4.78, 5) is -0.104. The number of hydrogen-bond acceptors (Lipinski definition) is 4. The first-order chi connectivity index (χ1) is 7.34. The third kappa shape index (κ3) is 3.19. The second-order valence-electron chi connectivity index (χ2n) is 3.65. The average Bonchev–Trinajstić information content (AvgIpc) is 2.15. The van der Waals surface area contributed by atoms with Gasteiger partial charge in [-0.3, -0.25) is 0 Å². The molecule has 0 radical (unpaired) electrons. The summed E-state index contributed by atoms with van der Waals surface area (Å²) in [5.74, 6) is 0.203. The molecule has 1 aromatic carbocycles. The molecule has 0 saturated heterocycles. The van der Waals surface area contributed by atoms with Gasteiger partial charge in [-0.1, -0.05) is 6.07 Å². The van der Waals surface area contributed by atoms with Crippen LogP contribution in [0.2, 0.25) is 0 Å². The molecule has 0 aliphatic carbocycles. The van der Waals surface area contributed by atoms with Crippen molar-refractivity contribution in [2.45, 2.75) is 31.5 Å². The first kappa shape index (κ1) is 13.0. The summed E-state index contributed by atoms with van der Waals surface area (Å²) in [6, 6.07) is 4.39. The van der Waals surface area contributed by atoms with E-state index in [4.69, 9.17) is 15.0 Å². The highest BCUT2D eigenvalue weighted by Crippen LogP contribution is 2.25. The first-order valence-corrected chi connectivity index (χ1v) is 6.32. The van der Waals surface area contributed by atoms with E-state index in [0.29, 0.717) is 5.56 Å². The monoisotopic (exact) mass is 245 g/mol. The van der Waals surface area contributed by atoms with Crippen LogP contribution in [0.5, 0.6) is 5.75 Å². The fourth-order valence-corrected chi connectivity index (χ4v) is 1.94. The molecule has 0 amide bonds. The van der Waals surface area contributed by atoms with E-state index in [0.717, 1.165) is 0 Å². The molecular formula is C10H15NO4S. The van der Waals surface area contributed by atoms with Crippen LogP contribution >= 0.6 is 0 Å². The Balaban J connectivity index is 3.28. The highest BCUT2D eigenvalue weighted by Gasteiger charge is 2.16. The highest BCUT2D eigenvalue weighted by molar-refractivity contribution is 7.89. The summed E-state index contributed by atoms with van der Waals surface area (Å²) in [7, 11) is -3.85. The number of rotatable bonds is 4. The van der Waals surface area contributed by atoms with Crippen LogP contribution in [0.3, 0.4) is 0 Å². The van der Waals surface area contributed by atoms with Crippen LogP contribution in [0.15, 0.2) is 23.1 Å². The molecule has 0 saturated carbocycles. The zero-order valence-electron chi connectivity index (χ0n) is 9.17. The summed E-state index contributed by atoms with van der Waals surface area (Å²) >= 11 is 0. The molecule has 0 aromatic heterocycles. The van der Waals surface area contributed by atoms with Gasteiger partial charge < -0.3 is 9.84 Å². The van der Waals surface area contributed by atoms with Crippen LogP contribution < -0.4 is 9.88 Å². The molecule has 5 nitrogen and oxygen atoms in total. The van der Waals surface area contributed by atoms with Gasteiger partial charge in [-0.25, -0.2) is 13.6 Å². The van der Waals surface area contributed by atoms with Crippen molar-refractivity contribution in [2.75, 3.05) is 0 Å². The summed E-state index contributed by atoms with van der Waals surface area (Å²) in [6.07, 6.45) is -0.152. The van der Waals surface area contributed by atoms with Gasteiger partial charge in [0.1, 0.15) is 10.6 Å². The summed E-state index contributed by atoms with van der Waals surface area (Å²) < 4.78 is 28.0. The van der Waals surface area contributed by atoms with E-state index in [9.17, 15) is 8.42 Å². The zero-order chi connectivity index (χ0) is 12.3. The maximum absolute atomic E-state index is 11.3. The minimum absolute atomic E-state index is 0.104. The Morgan fingerprint density at radius 2 is 2.06 bits per heavy atom. The number of hydrogen-bond donors (Lipinski definition) is 2. The normalized spacial score (nSPS) is 11.8. The summed E-state index contributed by atoms with van der Waals surface area (Å²) in [5, 5.41) is 14.0. The predicted octanol–water partition coefficient (Wildman–Crippen LogP) is 0.614. The number of ether oxygens (including phenoxy) is 1.